The molecule has 0 aliphatic heterocycles. The van der Waals surface area contributed by atoms with Crippen LogP contribution in [0.5, 0.6) is 0 Å². The van der Waals surface area contributed by atoms with Crippen LogP contribution in [0.15, 0.2) is 48.7 Å². The van der Waals surface area contributed by atoms with Gasteiger partial charge in [0, 0.05) is 22.4 Å². The van der Waals surface area contributed by atoms with Gasteiger partial charge in [0.25, 0.3) is 5.78 Å². The van der Waals surface area contributed by atoms with Gasteiger partial charge in [0.1, 0.15) is 0 Å². The number of ketones is 1. The molecule has 102 valence electrons. The number of rotatable bonds is 2. The lowest BCUT2D eigenvalue weighted by molar-refractivity contribution is -0.135. The van der Waals surface area contributed by atoms with Crippen molar-refractivity contribution in [3.8, 4) is 0 Å². The first-order valence-corrected chi connectivity index (χ1v) is 6.59. The molecule has 0 N–H and O–H groups in total. The summed E-state index contributed by atoms with van der Waals surface area (Å²) >= 11 is 0. The van der Waals surface area contributed by atoms with Gasteiger partial charge in [-0.25, -0.2) is 4.79 Å². The van der Waals surface area contributed by atoms with Crippen molar-refractivity contribution in [1.82, 2.24) is 4.40 Å². The zero-order chi connectivity index (χ0) is 14.6. The number of methoxy groups -OCH3 is 1. The Hall–Kier alpha value is -2.88. The van der Waals surface area contributed by atoms with Gasteiger partial charge < -0.3 is 9.14 Å². The molecule has 21 heavy (non-hydrogen) atoms. The molecule has 4 aromatic rings. The maximum absolute atomic E-state index is 12.2. The summed E-state index contributed by atoms with van der Waals surface area (Å²) in [5.74, 6) is -1.45. The number of nitrogens with zero attached hydrogens (tertiary/aromatic N) is 1. The number of Topliss-reactive ketones (excluding diaryl/α,β-unsaturated/α-hetero) is 1. The average Bonchev–Trinajstić information content (AvgIpc) is 3.07. The van der Waals surface area contributed by atoms with Crippen LogP contribution in [0.3, 0.4) is 0 Å². The number of hydrogen-bond donors (Lipinski definition) is 0. The predicted molar refractivity (Wildman–Crippen MR) is 79.9 cm³/mol. The third kappa shape index (κ3) is 1.44. The van der Waals surface area contributed by atoms with E-state index in [1.807, 2.05) is 40.8 Å². The number of carbonyl (C=O) groups is 2. The molecule has 4 heteroatoms. The molecule has 0 fully saturated rings. The summed E-state index contributed by atoms with van der Waals surface area (Å²) in [7, 11) is 1.21. The second-order valence-corrected chi connectivity index (χ2v) is 4.95. The Bertz CT molecular complexity index is 1010. The van der Waals surface area contributed by atoms with Crippen molar-refractivity contribution in [2.45, 2.75) is 0 Å². The van der Waals surface area contributed by atoms with Crippen LogP contribution in [-0.4, -0.2) is 23.3 Å². The summed E-state index contributed by atoms with van der Waals surface area (Å²) in [6.07, 6.45) is 1.72. The lowest BCUT2D eigenvalue weighted by Crippen LogP contribution is -2.15. The number of fused-ring (bicyclic) bond motifs is 3. The van der Waals surface area contributed by atoms with Crippen LogP contribution in [0, 0.1) is 0 Å². The zero-order valence-corrected chi connectivity index (χ0v) is 11.3. The van der Waals surface area contributed by atoms with Crippen LogP contribution >= 0.6 is 0 Å². The highest BCUT2D eigenvalue weighted by molar-refractivity contribution is 6.43. The second kappa shape index (κ2) is 4.06. The van der Waals surface area contributed by atoms with Crippen molar-refractivity contribution in [2.75, 3.05) is 7.11 Å². The first-order valence-electron chi connectivity index (χ1n) is 6.59. The van der Waals surface area contributed by atoms with E-state index in [-0.39, 0.29) is 0 Å². The number of para-hydroxylation sites is 2. The van der Waals surface area contributed by atoms with Gasteiger partial charge in [0.2, 0.25) is 0 Å². The first-order chi connectivity index (χ1) is 10.2. The highest BCUT2D eigenvalue weighted by atomic mass is 16.5. The molecule has 0 saturated heterocycles. The third-order valence-electron chi connectivity index (χ3n) is 3.89. The molecule has 4 nitrogen and oxygen atoms in total. The van der Waals surface area contributed by atoms with Crippen LogP contribution < -0.4 is 0 Å². The molecule has 0 spiro atoms. The fraction of sp³-hybridized carbons (Fsp3) is 0.0588. The highest BCUT2D eigenvalue weighted by Gasteiger charge is 2.23. The van der Waals surface area contributed by atoms with Crippen LogP contribution in [-0.2, 0) is 9.53 Å². The summed E-state index contributed by atoms with van der Waals surface area (Å²) in [6, 6.07) is 13.8. The molecule has 0 amide bonds. The molecule has 0 aliphatic carbocycles. The van der Waals surface area contributed by atoms with E-state index < -0.39 is 11.8 Å². The number of ether oxygens (including phenoxy) is 1. The molecule has 0 aliphatic rings. The molecule has 0 atom stereocenters. The average molecular weight is 277 g/mol. The van der Waals surface area contributed by atoms with Gasteiger partial charge in [-0.15, -0.1) is 0 Å². The summed E-state index contributed by atoms with van der Waals surface area (Å²) in [6.45, 7) is 0. The Balaban J connectivity index is 2.15. The van der Waals surface area contributed by atoms with E-state index in [9.17, 15) is 9.59 Å². The molecule has 0 bridgehead atoms. The van der Waals surface area contributed by atoms with E-state index in [1.54, 1.807) is 6.20 Å². The minimum atomic E-state index is -0.840. The molecule has 0 unspecified atom stereocenters. The van der Waals surface area contributed by atoms with Gasteiger partial charge in [0.15, 0.2) is 0 Å². The van der Waals surface area contributed by atoms with Crippen molar-refractivity contribution in [3.05, 3.63) is 54.2 Å². The number of carbonyl (C=O) groups excluding carboxylic acids is 2. The van der Waals surface area contributed by atoms with E-state index in [0.717, 1.165) is 27.2 Å². The molecule has 0 saturated carbocycles. The van der Waals surface area contributed by atoms with Crippen LogP contribution in [0.2, 0.25) is 0 Å². The Morgan fingerprint density at radius 2 is 1.67 bits per heavy atom. The van der Waals surface area contributed by atoms with E-state index in [1.165, 1.54) is 7.11 Å². The smallest absolute Gasteiger partial charge is 0.379 e. The van der Waals surface area contributed by atoms with Crippen molar-refractivity contribution in [2.24, 2.45) is 0 Å². The predicted octanol–water partition coefficient (Wildman–Crippen LogP) is 3.04. The SMILES string of the molecule is COC(=O)C(=O)c1cn2c3ccccc3c3cccc1c32. The molecule has 4 rings (SSSR count). The van der Waals surface area contributed by atoms with Gasteiger partial charge in [0.05, 0.1) is 23.7 Å². The van der Waals surface area contributed by atoms with Gasteiger partial charge in [-0.1, -0.05) is 36.4 Å². The van der Waals surface area contributed by atoms with E-state index in [0.29, 0.717) is 5.56 Å². The summed E-state index contributed by atoms with van der Waals surface area (Å²) in [4.78, 5) is 23.7. The molecular weight excluding hydrogens is 266 g/mol. The highest BCUT2D eigenvalue weighted by Crippen LogP contribution is 2.34. The summed E-state index contributed by atoms with van der Waals surface area (Å²) < 4.78 is 6.51. The second-order valence-electron chi connectivity index (χ2n) is 4.95. The molecular formula is C17H11NO3. The first kappa shape index (κ1) is 11.9. The number of hydrogen-bond acceptors (Lipinski definition) is 3. The Morgan fingerprint density at radius 3 is 2.48 bits per heavy atom. The number of esters is 1. The fourth-order valence-corrected chi connectivity index (χ4v) is 2.99. The maximum Gasteiger partial charge on any atom is 0.379 e. The van der Waals surface area contributed by atoms with E-state index in [4.69, 9.17) is 0 Å². The largest absolute Gasteiger partial charge is 0.463 e. The standard InChI is InChI=1S/C17H11NO3/c1-21-17(20)16(19)13-9-18-14-8-3-2-5-10(14)11-6-4-7-12(13)15(11)18/h2-9H,1H3. The molecule has 2 heterocycles. The number of aromatic nitrogens is 1. The monoisotopic (exact) mass is 277 g/mol. The van der Waals surface area contributed by atoms with Gasteiger partial charge in [-0.3, -0.25) is 4.79 Å². The summed E-state index contributed by atoms with van der Waals surface area (Å²) in [5, 5.41) is 2.99. The normalized spacial score (nSPS) is 11.5. The Kier molecular flexibility index (Phi) is 2.30. The minimum Gasteiger partial charge on any atom is -0.463 e. The third-order valence-corrected chi connectivity index (χ3v) is 3.89. The quantitative estimate of drug-likeness (QED) is 0.321. The zero-order valence-electron chi connectivity index (χ0n) is 11.3. The van der Waals surface area contributed by atoms with Crippen molar-refractivity contribution >= 4 is 38.9 Å². The lowest BCUT2D eigenvalue weighted by Gasteiger charge is -1.98. The van der Waals surface area contributed by atoms with Crippen molar-refractivity contribution in [1.29, 1.82) is 0 Å². The Labute approximate surface area is 119 Å². The van der Waals surface area contributed by atoms with Crippen molar-refractivity contribution in [3.63, 3.8) is 0 Å². The lowest BCUT2D eigenvalue weighted by atomic mass is 10.1. The summed E-state index contributed by atoms with van der Waals surface area (Å²) in [5.41, 5.74) is 2.37. The van der Waals surface area contributed by atoms with Gasteiger partial charge in [-0.05, 0) is 6.07 Å². The fourth-order valence-electron chi connectivity index (χ4n) is 2.99. The number of benzene rings is 2. The van der Waals surface area contributed by atoms with Crippen LogP contribution in [0.4, 0.5) is 0 Å². The van der Waals surface area contributed by atoms with E-state index in [2.05, 4.69) is 10.8 Å². The van der Waals surface area contributed by atoms with Gasteiger partial charge >= 0.3 is 5.97 Å². The molecule has 2 aromatic carbocycles. The topological polar surface area (TPSA) is 47.8 Å². The van der Waals surface area contributed by atoms with E-state index >= 15 is 0 Å². The molecule has 2 aromatic heterocycles. The van der Waals surface area contributed by atoms with Crippen LogP contribution in [0.1, 0.15) is 10.4 Å². The minimum absolute atomic E-state index is 0.383. The van der Waals surface area contributed by atoms with Crippen molar-refractivity contribution < 1.29 is 14.3 Å². The molecule has 0 radical (unpaired) electrons. The van der Waals surface area contributed by atoms with Crippen LogP contribution in [0.25, 0.3) is 27.2 Å². The maximum atomic E-state index is 12.2. The van der Waals surface area contributed by atoms with Gasteiger partial charge in [-0.2, -0.15) is 0 Å². The Morgan fingerprint density at radius 1 is 0.952 bits per heavy atom.